The molecule has 0 aliphatic heterocycles. The van der Waals surface area contributed by atoms with Crippen LogP contribution in [0.1, 0.15) is 43.6 Å². The van der Waals surface area contributed by atoms with Crippen LogP contribution < -0.4 is 5.73 Å². The van der Waals surface area contributed by atoms with E-state index in [1.165, 1.54) is 43.2 Å². The third-order valence-corrected chi connectivity index (χ3v) is 4.65. The quantitative estimate of drug-likeness (QED) is 0.710. The van der Waals surface area contributed by atoms with Gasteiger partial charge in [-0.1, -0.05) is 61.2 Å². The number of halogens is 1. The van der Waals surface area contributed by atoms with Gasteiger partial charge in [0, 0.05) is 0 Å². The van der Waals surface area contributed by atoms with Gasteiger partial charge < -0.3 is 5.73 Å². The molecular weight excluding hydrogens is 266 g/mol. The van der Waals surface area contributed by atoms with Crippen LogP contribution in [0.15, 0.2) is 42.5 Å². The van der Waals surface area contributed by atoms with E-state index in [0.717, 1.165) is 11.5 Å². The third-order valence-electron chi connectivity index (χ3n) is 4.32. The average molecular weight is 286 g/mol. The van der Waals surface area contributed by atoms with Crippen LogP contribution in [0.25, 0.3) is 11.1 Å². The molecule has 20 heavy (non-hydrogen) atoms. The van der Waals surface area contributed by atoms with Crippen molar-refractivity contribution in [3.05, 3.63) is 53.1 Å². The molecule has 1 fully saturated rings. The van der Waals surface area contributed by atoms with E-state index < -0.39 is 0 Å². The zero-order valence-corrected chi connectivity index (χ0v) is 12.4. The van der Waals surface area contributed by atoms with Gasteiger partial charge in [-0.25, -0.2) is 0 Å². The maximum absolute atomic E-state index is 6.09. The van der Waals surface area contributed by atoms with Gasteiger partial charge >= 0.3 is 0 Å². The summed E-state index contributed by atoms with van der Waals surface area (Å²) in [7, 11) is 0. The van der Waals surface area contributed by atoms with E-state index in [-0.39, 0.29) is 0 Å². The highest BCUT2D eigenvalue weighted by Crippen LogP contribution is 2.34. The Kier molecular flexibility index (Phi) is 3.98. The molecule has 0 heterocycles. The zero-order valence-electron chi connectivity index (χ0n) is 11.6. The lowest BCUT2D eigenvalue weighted by Gasteiger charge is -2.22. The van der Waals surface area contributed by atoms with Crippen LogP contribution in [-0.2, 0) is 0 Å². The Morgan fingerprint density at radius 2 is 1.50 bits per heavy atom. The van der Waals surface area contributed by atoms with Gasteiger partial charge in [0.25, 0.3) is 0 Å². The second-order valence-corrected chi connectivity index (χ2v) is 6.10. The lowest BCUT2D eigenvalue weighted by Crippen LogP contribution is -2.04. The predicted octanol–water partition coefficient (Wildman–Crippen LogP) is 5.64. The molecule has 1 saturated carbocycles. The highest BCUT2D eigenvalue weighted by Gasteiger charge is 2.15. The molecule has 3 rings (SSSR count). The molecule has 0 spiro atoms. The summed E-state index contributed by atoms with van der Waals surface area (Å²) in [5.74, 6) is 0.757. The van der Waals surface area contributed by atoms with Crippen molar-refractivity contribution in [2.75, 3.05) is 5.73 Å². The molecule has 1 nitrogen and oxygen atoms in total. The first kappa shape index (κ1) is 13.5. The largest absolute Gasteiger partial charge is 0.398 e. The van der Waals surface area contributed by atoms with Gasteiger partial charge in [-0.3, -0.25) is 0 Å². The van der Waals surface area contributed by atoms with Crippen LogP contribution in [0, 0.1) is 0 Å². The summed E-state index contributed by atoms with van der Waals surface area (Å²) in [6.07, 6.45) is 6.83. The summed E-state index contributed by atoms with van der Waals surface area (Å²) in [5.41, 5.74) is 10.2. The minimum Gasteiger partial charge on any atom is -0.398 e. The number of anilines is 1. The van der Waals surface area contributed by atoms with Crippen molar-refractivity contribution in [2.45, 2.75) is 38.0 Å². The van der Waals surface area contributed by atoms with Crippen LogP contribution in [0.2, 0.25) is 5.02 Å². The summed E-state index contributed by atoms with van der Waals surface area (Å²) in [4.78, 5) is 0. The normalized spacial score (nSPS) is 16.2. The molecule has 1 aliphatic rings. The molecule has 0 atom stereocenters. The number of benzene rings is 2. The summed E-state index contributed by atoms with van der Waals surface area (Å²) in [6.45, 7) is 0. The number of hydrogen-bond donors (Lipinski definition) is 1. The average Bonchev–Trinajstić information content (AvgIpc) is 2.51. The fraction of sp³-hybridized carbons (Fsp3) is 0.333. The van der Waals surface area contributed by atoms with Crippen molar-refractivity contribution in [1.82, 2.24) is 0 Å². The van der Waals surface area contributed by atoms with Crippen molar-refractivity contribution in [1.29, 1.82) is 0 Å². The molecule has 0 unspecified atom stereocenters. The monoisotopic (exact) mass is 285 g/mol. The van der Waals surface area contributed by atoms with Gasteiger partial charge in [0.1, 0.15) is 0 Å². The van der Waals surface area contributed by atoms with Crippen LogP contribution in [0.5, 0.6) is 0 Å². The van der Waals surface area contributed by atoms with E-state index in [2.05, 4.69) is 24.3 Å². The molecule has 0 amide bonds. The van der Waals surface area contributed by atoms with Gasteiger partial charge in [0.05, 0.1) is 10.7 Å². The highest BCUT2D eigenvalue weighted by molar-refractivity contribution is 6.33. The van der Waals surface area contributed by atoms with E-state index in [0.29, 0.717) is 10.7 Å². The van der Waals surface area contributed by atoms with Gasteiger partial charge in [0.15, 0.2) is 0 Å². The van der Waals surface area contributed by atoms with E-state index in [9.17, 15) is 0 Å². The first-order valence-corrected chi connectivity index (χ1v) is 7.77. The molecule has 1 aliphatic carbocycles. The first-order valence-electron chi connectivity index (χ1n) is 7.39. The number of hydrogen-bond acceptors (Lipinski definition) is 1. The Bertz CT molecular complexity index is 583. The van der Waals surface area contributed by atoms with Crippen molar-refractivity contribution in [2.24, 2.45) is 0 Å². The smallest absolute Gasteiger partial charge is 0.0641 e. The van der Waals surface area contributed by atoms with Crippen LogP contribution in [-0.4, -0.2) is 0 Å². The lowest BCUT2D eigenvalue weighted by atomic mass is 9.84. The molecule has 2 aromatic rings. The molecule has 2 aromatic carbocycles. The summed E-state index contributed by atoms with van der Waals surface area (Å²) in [6, 6.07) is 14.8. The lowest BCUT2D eigenvalue weighted by molar-refractivity contribution is 0.443. The second kappa shape index (κ2) is 5.88. The van der Waals surface area contributed by atoms with Gasteiger partial charge in [0.2, 0.25) is 0 Å². The van der Waals surface area contributed by atoms with E-state index in [4.69, 9.17) is 17.3 Å². The predicted molar refractivity (Wildman–Crippen MR) is 87.1 cm³/mol. The third kappa shape index (κ3) is 2.83. The molecule has 2 N–H and O–H groups in total. The Labute approximate surface area is 125 Å². The summed E-state index contributed by atoms with van der Waals surface area (Å²) < 4.78 is 0. The zero-order chi connectivity index (χ0) is 13.9. The summed E-state index contributed by atoms with van der Waals surface area (Å²) in [5, 5.41) is 0.624. The van der Waals surface area contributed by atoms with Crippen molar-refractivity contribution < 1.29 is 0 Å². The van der Waals surface area contributed by atoms with Gasteiger partial charge in [-0.2, -0.15) is 0 Å². The van der Waals surface area contributed by atoms with E-state index in [1.807, 2.05) is 18.2 Å². The molecule has 0 radical (unpaired) electrons. The minimum atomic E-state index is 0.624. The fourth-order valence-electron chi connectivity index (χ4n) is 3.09. The number of rotatable bonds is 2. The molecule has 2 heteroatoms. The molecule has 104 valence electrons. The number of nitrogen functional groups attached to an aromatic ring is 1. The maximum atomic E-state index is 6.09. The maximum Gasteiger partial charge on any atom is 0.0641 e. The van der Waals surface area contributed by atoms with E-state index >= 15 is 0 Å². The van der Waals surface area contributed by atoms with Crippen molar-refractivity contribution in [3.8, 4) is 11.1 Å². The van der Waals surface area contributed by atoms with Gasteiger partial charge in [-0.15, -0.1) is 0 Å². The standard InChI is InChI=1S/C18H20ClN/c19-17-12-16(10-11-18(17)20)15-8-6-14(7-9-15)13-4-2-1-3-5-13/h6-13H,1-5,20H2. The van der Waals surface area contributed by atoms with E-state index in [1.54, 1.807) is 0 Å². The Hall–Kier alpha value is -1.47. The number of nitrogens with two attached hydrogens (primary N) is 1. The van der Waals surface area contributed by atoms with Crippen LogP contribution in [0.3, 0.4) is 0 Å². The van der Waals surface area contributed by atoms with Crippen LogP contribution >= 0.6 is 11.6 Å². The second-order valence-electron chi connectivity index (χ2n) is 5.69. The SMILES string of the molecule is Nc1ccc(-c2ccc(C3CCCCC3)cc2)cc1Cl. The Morgan fingerprint density at radius 1 is 0.850 bits per heavy atom. The molecule has 0 bridgehead atoms. The fourth-order valence-corrected chi connectivity index (χ4v) is 3.27. The topological polar surface area (TPSA) is 26.0 Å². The Morgan fingerprint density at radius 3 is 2.15 bits per heavy atom. The summed E-state index contributed by atoms with van der Waals surface area (Å²) >= 11 is 6.09. The van der Waals surface area contributed by atoms with Gasteiger partial charge in [-0.05, 0) is 47.6 Å². The highest BCUT2D eigenvalue weighted by atomic mass is 35.5. The van der Waals surface area contributed by atoms with Crippen molar-refractivity contribution >= 4 is 17.3 Å². The van der Waals surface area contributed by atoms with Crippen molar-refractivity contribution in [3.63, 3.8) is 0 Å². The Balaban J connectivity index is 1.83. The minimum absolute atomic E-state index is 0.624. The molecular formula is C18H20ClN. The first-order chi connectivity index (χ1) is 9.74. The van der Waals surface area contributed by atoms with Crippen LogP contribution in [0.4, 0.5) is 5.69 Å². The molecule has 0 saturated heterocycles. The molecule has 0 aromatic heterocycles.